The zero-order valence-electron chi connectivity index (χ0n) is 13.3. The summed E-state index contributed by atoms with van der Waals surface area (Å²) in [5.74, 6) is 0.327. The summed E-state index contributed by atoms with van der Waals surface area (Å²) in [5.41, 5.74) is 7.82. The van der Waals surface area contributed by atoms with Crippen LogP contribution >= 0.6 is 11.6 Å². The molecule has 2 aliphatic rings. The summed E-state index contributed by atoms with van der Waals surface area (Å²) < 4.78 is -0.569. The lowest BCUT2D eigenvalue weighted by Gasteiger charge is -2.38. The van der Waals surface area contributed by atoms with Crippen LogP contribution in [-0.4, -0.2) is 14.7 Å². The zero-order chi connectivity index (χ0) is 16.2. The number of halogens is 1. The Hall–Kier alpha value is -1.57. The molecule has 0 amide bonds. The number of benzene rings is 2. The number of fused-ring (bicyclic) bond motifs is 2. The highest BCUT2D eigenvalue weighted by Crippen LogP contribution is 2.55. The molecule has 0 fully saturated rings. The second-order valence-corrected chi connectivity index (χ2v) is 8.44. The summed E-state index contributed by atoms with van der Waals surface area (Å²) in [7, 11) is 4.00. The minimum Gasteiger partial charge on any atom is -0.122 e. The first kappa shape index (κ1) is 15.0. The molecule has 2 atom stereocenters. The molecule has 2 aromatic carbocycles. The monoisotopic (exact) mass is 333 g/mol. The molecule has 4 rings (SSSR count). The van der Waals surface area contributed by atoms with Crippen LogP contribution in [-0.2, 0) is 0 Å². The second kappa shape index (κ2) is 5.22. The summed E-state index contributed by atoms with van der Waals surface area (Å²) in [6.45, 7) is 4.36. The Morgan fingerprint density at radius 2 is 1.17 bits per heavy atom. The lowest BCUT2D eigenvalue weighted by atomic mass is 9.81. The van der Waals surface area contributed by atoms with E-state index in [0.29, 0.717) is 0 Å². The van der Waals surface area contributed by atoms with E-state index in [-0.39, 0.29) is 11.8 Å². The van der Waals surface area contributed by atoms with Crippen LogP contribution in [0.5, 0.6) is 0 Å². The van der Waals surface area contributed by atoms with Gasteiger partial charge in [-0.25, -0.2) is 0 Å². The largest absolute Gasteiger partial charge is 0.122 e. The van der Waals surface area contributed by atoms with E-state index in [2.05, 4.69) is 84.8 Å². The highest BCUT2D eigenvalue weighted by molar-refractivity contribution is 6.46. The van der Waals surface area contributed by atoms with Gasteiger partial charge in [-0.1, -0.05) is 71.8 Å². The van der Waals surface area contributed by atoms with Crippen molar-refractivity contribution in [1.29, 1.82) is 0 Å². The minimum absolute atomic E-state index is 0.163. The van der Waals surface area contributed by atoms with Crippen LogP contribution < -0.4 is 0 Å². The Bertz CT molecular complexity index is 775. The Labute approximate surface area is 146 Å². The third kappa shape index (κ3) is 2.18. The molecule has 0 saturated carbocycles. The van der Waals surface area contributed by atoms with E-state index in [9.17, 15) is 0 Å². The molecule has 2 unspecified atom stereocenters. The van der Waals surface area contributed by atoms with Gasteiger partial charge in [0, 0.05) is 11.8 Å². The van der Waals surface area contributed by atoms with Crippen molar-refractivity contribution in [2.24, 2.45) is 0 Å². The fraction of sp³-hybridized carbons (Fsp3) is 0.238. The molecule has 0 saturated heterocycles. The maximum atomic E-state index is 7.23. The van der Waals surface area contributed by atoms with Gasteiger partial charge < -0.3 is 0 Å². The van der Waals surface area contributed by atoms with Gasteiger partial charge in [-0.2, -0.15) is 0 Å². The van der Waals surface area contributed by atoms with Gasteiger partial charge in [-0.05, 0) is 36.1 Å². The van der Waals surface area contributed by atoms with Crippen molar-refractivity contribution in [2.75, 3.05) is 0 Å². The molecule has 2 aromatic rings. The Morgan fingerprint density at radius 3 is 1.61 bits per heavy atom. The number of hydrogen-bond donors (Lipinski definition) is 0. The lowest BCUT2D eigenvalue weighted by molar-refractivity contribution is 0.596. The quantitative estimate of drug-likeness (QED) is 0.503. The van der Waals surface area contributed by atoms with E-state index in [0.717, 1.165) is 0 Å². The molecule has 2 heteroatoms. The van der Waals surface area contributed by atoms with Crippen LogP contribution in [0.1, 0.15) is 47.9 Å². The first-order valence-corrected chi connectivity index (χ1v) is 8.86. The standard InChI is InChI=1S/C21H18ClSi/c1-13-11-15-7-3-5-9-17(15)19(13)21(22,23)20-14(2)12-16-8-4-6-10-18(16)20/h3-12,19-20H,1-2H3. The highest BCUT2D eigenvalue weighted by atomic mass is 35.5. The normalized spacial score (nSPS) is 24.5. The SMILES string of the molecule is CC1=Cc2ccccc2C1C([Si])(Cl)C1C(C)=Cc2ccccc21. The fourth-order valence-corrected chi connectivity index (χ4v) is 5.59. The van der Waals surface area contributed by atoms with E-state index in [1.807, 2.05) is 0 Å². The topological polar surface area (TPSA) is 0 Å². The molecule has 2 aliphatic carbocycles. The van der Waals surface area contributed by atoms with E-state index >= 15 is 0 Å². The smallest absolute Gasteiger partial charge is 0.0561 e. The van der Waals surface area contributed by atoms with E-state index in [1.54, 1.807) is 0 Å². The Morgan fingerprint density at radius 1 is 0.783 bits per heavy atom. The van der Waals surface area contributed by atoms with Crippen LogP contribution in [0.2, 0.25) is 0 Å². The molecule has 23 heavy (non-hydrogen) atoms. The molecule has 0 spiro atoms. The van der Waals surface area contributed by atoms with Crippen molar-refractivity contribution >= 4 is 34.0 Å². The van der Waals surface area contributed by atoms with Gasteiger partial charge in [0.1, 0.15) is 0 Å². The van der Waals surface area contributed by atoms with Gasteiger partial charge in [-0.3, -0.25) is 0 Å². The third-order valence-electron chi connectivity index (χ3n) is 5.13. The zero-order valence-corrected chi connectivity index (χ0v) is 15.1. The van der Waals surface area contributed by atoms with Gasteiger partial charge in [0.25, 0.3) is 0 Å². The maximum Gasteiger partial charge on any atom is 0.0561 e. The molecule has 3 radical (unpaired) electrons. The van der Waals surface area contributed by atoms with Crippen LogP contribution in [0.25, 0.3) is 12.2 Å². The van der Waals surface area contributed by atoms with Crippen LogP contribution in [0.15, 0.2) is 59.7 Å². The minimum atomic E-state index is -0.569. The summed E-state index contributed by atoms with van der Waals surface area (Å²) in [6.07, 6.45) is 4.52. The fourth-order valence-electron chi connectivity index (χ4n) is 4.24. The van der Waals surface area contributed by atoms with Gasteiger partial charge in [0.05, 0.1) is 14.7 Å². The van der Waals surface area contributed by atoms with Crippen molar-refractivity contribution in [3.8, 4) is 0 Å². The first-order valence-electron chi connectivity index (χ1n) is 7.98. The average molecular weight is 334 g/mol. The Balaban J connectivity index is 1.84. The van der Waals surface area contributed by atoms with Gasteiger partial charge in [-0.15, -0.1) is 11.6 Å². The maximum absolute atomic E-state index is 7.23. The number of rotatable bonds is 2. The molecule has 0 aromatic heterocycles. The summed E-state index contributed by atoms with van der Waals surface area (Å²) in [5, 5.41) is 0. The van der Waals surface area contributed by atoms with Crippen LogP contribution in [0.3, 0.4) is 0 Å². The van der Waals surface area contributed by atoms with Gasteiger partial charge >= 0.3 is 0 Å². The molecule has 0 bridgehead atoms. The first-order chi connectivity index (χ1) is 11.0. The van der Waals surface area contributed by atoms with Crippen molar-refractivity contribution in [1.82, 2.24) is 0 Å². The lowest BCUT2D eigenvalue weighted by Crippen LogP contribution is -2.37. The predicted octanol–water partition coefficient (Wildman–Crippen LogP) is 5.49. The van der Waals surface area contributed by atoms with E-state index < -0.39 is 4.50 Å². The highest BCUT2D eigenvalue weighted by Gasteiger charge is 2.46. The van der Waals surface area contributed by atoms with Gasteiger partial charge in [0.2, 0.25) is 0 Å². The molecule has 0 heterocycles. The number of alkyl halides is 1. The van der Waals surface area contributed by atoms with Crippen LogP contribution in [0.4, 0.5) is 0 Å². The molecule has 0 N–H and O–H groups in total. The molecular weight excluding hydrogens is 316 g/mol. The van der Waals surface area contributed by atoms with Crippen molar-refractivity contribution < 1.29 is 0 Å². The Kier molecular flexibility index (Phi) is 3.40. The summed E-state index contributed by atoms with van der Waals surface area (Å²) in [6, 6.07) is 17.1. The third-order valence-corrected chi connectivity index (χ3v) is 6.15. The number of allylic oxidation sites excluding steroid dienone is 2. The van der Waals surface area contributed by atoms with Crippen molar-refractivity contribution in [3.05, 3.63) is 81.9 Å². The molecule has 0 aliphatic heterocycles. The predicted molar refractivity (Wildman–Crippen MR) is 100 cm³/mol. The number of hydrogen-bond acceptors (Lipinski definition) is 0. The average Bonchev–Trinajstić information content (AvgIpc) is 3.02. The molecular formula is C21H18ClSi. The molecule has 113 valence electrons. The van der Waals surface area contributed by atoms with Gasteiger partial charge in [0.15, 0.2) is 0 Å². The second-order valence-electron chi connectivity index (χ2n) is 6.67. The van der Waals surface area contributed by atoms with Crippen molar-refractivity contribution in [2.45, 2.75) is 30.2 Å². The van der Waals surface area contributed by atoms with E-state index in [1.165, 1.54) is 33.4 Å². The van der Waals surface area contributed by atoms with Crippen LogP contribution in [0, 0.1) is 0 Å². The van der Waals surface area contributed by atoms with E-state index in [4.69, 9.17) is 11.6 Å². The van der Waals surface area contributed by atoms with Crippen molar-refractivity contribution in [3.63, 3.8) is 0 Å². The summed E-state index contributed by atoms with van der Waals surface area (Å²) in [4.78, 5) is 0. The summed E-state index contributed by atoms with van der Waals surface area (Å²) >= 11 is 7.23. The molecule has 0 nitrogen and oxygen atoms in total.